The Morgan fingerprint density at radius 2 is 2.18 bits per heavy atom. The van der Waals surface area contributed by atoms with E-state index in [4.69, 9.17) is 0 Å². The molecular weight excluding hydrogens is 216 g/mol. The van der Waals surface area contributed by atoms with Crippen LogP contribution >= 0.6 is 0 Å². The van der Waals surface area contributed by atoms with Crippen LogP contribution in [0.3, 0.4) is 0 Å². The van der Waals surface area contributed by atoms with Crippen molar-refractivity contribution in [1.82, 2.24) is 20.0 Å². The summed E-state index contributed by atoms with van der Waals surface area (Å²) in [5.41, 5.74) is 0. The fraction of sp³-hybridized carbons (Fsp3) is 0.667. The highest BCUT2D eigenvalue weighted by molar-refractivity contribution is 5.77. The van der Waals surface area contributed by atoms with Crippen molar-refractivity contribution in [2.45, 2.75) is 26.8 Å². The SMILES string of the molecule is CCN(CC)CC(=O)NCCCn1cccn1. The van der Waals surface area contributed by atoms with Crippen molar-refractivity contribution in [3.05, 3.63) is 18.5 Å². The Kier molecular flexibility index (Phi) is 6.32. The quantitative estimate of drug-likeness (QED) is 0.679. The summed E-state index contributed by atoms with van der Waals surface area (Å²) in [5, 5.41) is 7.03. The fourth-order valence-electron chi connectivity index (χ4n) is 1.61. The van der Waals surface area contributed by atoms with Crippen molar-refractivity contribution in [3.63, 3.8) is 0 Å². The zero-order chi connectivity index (χ0) is 12.5. The highest BCUT2D eigenvalue weighted by atomic mass is 16.2. The molecule has 0 radical (unpaired) electrons. The number of nitrogens with zero attached hydrogens (tertiary/aromatic N) is 3. The van der Waals surface area contributed by atoms with Crippen molar-refractivity contribution >= 4 is 5.91 Å². The smallest absolute Gasteiger partial charge is 0.234 e. The Morgan fingerprint density at radius 1 is 1.41 bits per heavy atom. The molecule has 0 aromatic carbocycles. The van der Waals surface area contributed by atoms with Crippen LogP contribution in [0.25, 0.3) is 0 Å². The van der Waals surface area contributed by atoms with Crippen molar-refractivity contribution in [2.24, 2.45) is 0 Å². The normalized spacial score (nSPS) is 10.8. The fourth-order valence-corrected chi connectivity index (χ4v) is 1.61. The van der Waals surface area contributed by atoms with Crippen LogP contribution in [0.2, 0.25) is 0 Å². The average molecular weight is 238 g/mol. The highest BCUT2D eigenvalue weighted by Gasteiger charge is 2.05. The molecule has 1 heterocycles. The molecule has 0 saturated heterocycles. The molecular formula is C12H22N4O. The number of carbonyl (C=O) groups is 1. The Bertz CT molecular complexity index is 306. The topological polar surface area (TPSA) is 50.2 Å². The molecule has 0 saturated carbocycles. The minimum Gasteiger partial charge on any atom is -0.355 e. The van der Waals surface area contributed by atoms with E-state index in [1.54, 1.807) is 6.20 Å². The van der Waals surface area contributed by atoms with E-state index in [1.807, 2.05) is 16.9 Å². The molecule has 5 heteroatoms. The zero-order valence-corrected chi connectivity index (χ0v) is 10.7. The van der Waals surface area contributed by atoms with Crippen LogP contribution in [0, 0.1) is 0 Å². The van der Waals surface area contributed by atoms with Crippen LogP contribution in [0.5, 0.6) is 0 Å². The predicted octanol–water partition coefficient (Wildman–Crippen LogP) is 0.731. The van der Waals surface area contributed by atoms with Crippen molar-refractivity contribution in [3.8, 4) is 0 Å². The number of carbonyl (C=O) groups excluding carboxylic acids is 1. The molecule has 0 unspecified atom stereocenters. The van der Waals surface area contributed by atoms with E-state index < -0.39 is 0 Å². The van der Waals surface area contributed by atoms with Crippen molar-refractivity contribution < 1.29 is 4.79 Å². The number of likely N-dealkylation sites (N-methyl/N-ethyl adjacent to an activating group) is 1. The summed E-state index contributed by atoms with van der Waals surface area (Å²) in [4.78, 5) is 13.7. The lowest BCUT2D eigenvalue weighted by Gasteiger charge is -2.17. The maximum absolute atomic E-state index is 11.6. The first-order chi connectivity index (χ1) is 8.26. The number of amides is 1. The Labute approximate surface area is 103 Å². The van der Waals surface area contributed by atoms with Crippen LogP contribution in [0.15, 0.2) is 18.5 Å². The van der Waals surface area contributed by atoms with E-state index in [0.29, 0.717) is 13.1 Å². The third-order valence-corrected chi connectivity index (χ3v) is 2.71. The van der Waals surface area contributed by atoms with Crippen LogP contribution in [0.4, 0.5) is 0 Å². The molecule has 0 fully saturated rings. The number of hydrogen-bond donors (Lipinski definition) is 1. The van der Waals surface area contributed by atoms with Crippen molar-refractivity contribution in [1.29, 1.82) is 0 Å². The lowest BCUT2D eigenvalue weighted by Crippen LogP contribution is -2.37. The van der Waals surface area contributed by atoms with Gasteiger partial charge in [-0.3, -0.25) is 14.4 Å². The summed E-state index contributed by atoms with van der Waals surface area (Å²) < 4.78 is 1.87. The first-order valence-corrected chi connectivity index (χ1v) is 6.22. The second kappa shape index (κ2) is 7.84. The van der Waals surface area contributed by atoms with Crippen LogP contribution in [-0.2, 0) is 11.3 Å². The molecule has 1 aromatic rings. The molecule has 1 amide bonds. The van der Waals surface area contributed by atoms with Gasteiger partial charge >= 0.3 is 0 Å². The number of nitrogens with one attached hydrogen (secondary N) is 1. The van der Waals surface area contributed by atoms with E-state index in [2.05, 4.69) is 29.2 Å². The average Bonchev–Trinajstić information content (AvgIpc) is 2.84. The number of aromatic nitrogens is 2. The summed E-state index contributed by atoms with van der Waals surface area (Å²) >= 11 is 0. The third kappa shape index (κ3) is 5.49. The van der Waals surface area contributed by atoms with Gasteiger partial charge in [-0.1, -0.05) is 13.8 Å². The Morgan fingerprint density at radius 3 is 2.76 bits per heavy atom. The van der Waals surface area contributed by atoms with Crippen molar-refractivity contribution in [2.75, 3.05) is 26.2 Å². The minimum atomic E-state index is 0.106. The van der Waals surface area contributed by atoms with Gasteiger partial charge in [0.1, 0.15) is 0 Å². The summed E-state index contributed by atoms with van der Waals surface area (Å²) in [5.74, 6) is 0.106. The van der Waals surface area contributed by atoms with Crippen LogP contribution < -0.4 is 5.32 Å². The number of rotatable bonds is 8. The maximum atomic E-state index is 11.6. The second-order valence-electron chi connectivity index (χ2n) is 3.93. The summed E-state index contributed by atoms with van der Waals surface area (Å²) in [7, 11) is 0. The van der Waals surface area contributed by atoms with Gasteiger partial charge in [0.25, 0.3) is 0 Å². The Balaban J connectivity index is 2.07. The van der Waals surface area contributed by atoms with Gasteiger partial charge in [-0.15, -0.1) is 0 Å². The molecule has 5 nitrogen and oxygen atoms in total. The second-order valence-corrected chi connectivity index (χ2v) is 3.93. The molecule has 0 atom stereocenters. The lowest BCUT2D eigenvalue weighted by atomic mass is 10.4. The van der Waals surface area contributed by atoms with Gasteiger partial charge in [0, 0.05) is 25.5 Å². The largest absolute Gasteiger partial charge is 0.355 e. The molecule has 1 N–H and O–H groups in total. The summed E-state index contributed by atoms with van der Waals surface area (Å²) in [6.45, 7) is 8.00. The monoisotopic (exact) mass is 238 g/mol. The summed E-state index contributed by atoms with van der Waals surface area (Å²) in [6, 6.07) is 1.90. The summed E-state index contributed by atoms with van der Waals surface area (Å²) in [6.07, 6.45) is 4.60. The molecule has 17 heavy (non-hydrogen) atoms. The molecule has 1 rings (SSSR count). The van der Waals surface area contributed by atoms with Gasteiger partial charge in [0.2, 0.25) is 5.91 Å². The number of hydrogen-bond acceptors (Lipinski definition) is 3. The molecule has 0 aliphatic carbocycles. The van der Waals surface area contributed by atoms with Gasteiger partial charge in [-0.05, 0) is 25.6 Å². The van der Waals surface area contributed by atoms with Gasteiger partial charge in [0.15, 0.2) is 0 Å². The van der Waals surface area contributed by atoms with E-state index in [9.17, 15) is 4.79 Å². The standard InChI is InChI=1S/C12H22N4O/c1-3-15(4-2)11-12(17)13-7-5-9-16-10-6-8-14-16/h6,8,10H,3-5,7,9,11H2,1-2H3,(H,13,17). The van der Waals surface area contributed by atoms with E-state index in [0.717, 1.165) is 26.1 Å². The first-order valence-electron chi connectivity index (χ1n) is 6.22. The van der Waals surface area contributed by atoms with Gasteiger partial charge in [0.05, 0.1) is 6.54 Å². The molecule has 1 aromatic heterocycles. The van der Waals surface area contributed by atoms with Gasteiger partial charge < -0.3 is 5.32 Å². The predicted molar refractivity (Wildman–Crippen MR) is 67.6 cm³/mol. The van der Waals surface area contributed by atoms with Gasteiger partial charge in [-0.25, -0.2) is 0 Å². The molecule has 0 bridgehead atoms. The van der Waals surface area contributed by atoms with Crippen LogP contribution in [0.1, 0.15) is 20.3 Å². The van der Waals surface area contributed by atoms with E-state index in [1.165, 1.54) is 0 Å². The molecule has 0 aliphatic heterocycles. The van der Waals surface area contributed by atoms with E-state index in [-0.39, 0.29) is 5.91 Å². The molecule has 0 aliphatic rings. The zero-order valence-electron chi connectivity index (χ0n) is 10.7. The van der Waals surface area contributed by atoms with E-state index >= 15 is 0 Å². The molecule has 96 valence electrons. The first kappa shape index (κ1) is 13.7. The lowest BCUT2D eigenvalue weighted by molar-refractivity contribution is -0.122. The van der Waals surface area contributed by atoms with Crippen LogP contribution in [-0.4, -0.2) is 46.8 Å². The van der Waals surface area contributed by atoms with Gasteiger partial charge in [-0.2, -0.15) is 5.10 Å². The third-order valence-electron chi connectivity index (χ3n) is 2.71. The number of aryl methyl sites for hydroxylation is 1. The minimum absolute atomic E-state index is 0.106. The maximum Gasteiger partial charge on any atom is 0.234 e. The Hall–Kier alpha value is -1.36. The highest BCUT2D eigenvalue weighted by Crippen LogP contribution is 1.89. The molecule has 0 spiro atoms.